The molecule has 27 heavy (non-hydrogen) atoms. The number of halogens is 4. The molecule has 2 N–H and O–H groups in total. The number of hydrogen-bond acceptors (Lipinski definition) is 5. The average Bonchev–Trinajstić information content (AvgIpc) is 3.00. The normalized spacial score (nSPS) is 12.5. The lowest BCUT2D eigenvalue weighted by atomic mass is 10.1. The van der Waals surface area contributed by atoms with Gasteiger partial charge < -0.3 is 15.2 Å². The molecule has 2 aromatic rings. The first-order chi connectivity index (χ1) is 12.6. The molecular weight excluding hydrogens is 407 g/mol. The first-order valence-corrected chi connectivity index (χ1v) is 8.91. The lowest BCUT2D eigenvalue weighted by Crippen LogP contribution is -2.20. The molecule has 2 rings (SSSR count). The molecule has 1 heterocycles. The fourth-order valence-electron chi connectivity index (χ4n) is 2.25. The van der Waals surface area contributed by atoms with Gasteiger partial charge in [0.25, 0.3) is 0 Å². The molecule has 5 nitrogen and oxygen atoms in total. The number of hydrogen-bond donors (Lipinski definition) is 2. The minimum absolute atomic E-state index is 0.00991. The molecule has 0 radical (unpaired) electrons. The lowest BCUT2D eigenvalue weighted by Gasteiger charge is -2.16. The van der Waals surface area contributed by atoms with Gasteiger partial charge in [0.15, 0.2) is 6.04 Å². The zero-order valence-electron chi connectivity index (χ0n) is 14.0. The molecule has 1 atom stereocenters. The first-order valence-electron chi connectivity index (χ1n) is 7.72. The largest absolute Gasteiger partial charge is 0.479 e. The van der Waals surface area contributed by atoms with E-state index in [2.05, 4.69) is 5.32 Å². The second kappa shape index (κ2) is 8.62. The van der Waals surface area contributed by atoms with Gasteiger partial charge in [0.1, 0.15) is 0 Å². The third kappa shape index (κ3) is 5.61. The Labute approximate surface area is 161 Å². The summed E-state index contributed by atoms with van der Waals surface area (Å²) in [5, 5.41) is 11.5. The van der Waals surface area contributed by atoms with Crippen LogP contribution in [-0.2, 0) is 26.9 Å². The van der Waals surface area contributed by atoms with Gasteiger partial charge in [-0.15, -0.1) is 11.3 Å². The predicted octanol–water partition coefficient (Wildman–Crippen LogP) is 4.76. The van der Waals surface area contributed by atoms with Crippen molar-refractivity contribution in [3.8, 4) is 0 Å². The first kappa shape index (κ1) is 21.0. The van der Waals surface area contributed by atoms with Crippen LogP contribution in [0.15, 0.2) is 30.3 Å². The van der Waals surface area contributed by atoms with Gasteiger partial charge in [-0.3, -0.25) is 4.79 Å². The third-order valence-electron chi connectivity index (χ3n) is 3.42. The fourth-order valence-corrected chi connectivity index (χ4v) is 3.52. The average molecular weight is 422 g/mol. The number of aliphatic carboxylic acids is 1. The van der Waals surface area contributed by atoms with Gasteiger partial charge in [-0.05, 0) is 37.3 Å². The summed E-state index contributed by atoms with van der Waals surface area (Å²) in [6, 6.07) is 4.87. The van der Waals surface area contributed by atoms with Crippen molar-refractivity contribution in [2.24, 2.45) is 0 Å². The van der Waals surface area contributed by atoms with Gasteiger partial charge >= 0.3 is 18.1 Å². The fraction of sp³-hybridized carbons (Fsp3) is 0.294. The second-order valence-electron chi connectivity index (χ2n) is 5.39. The number of benzene rings is 1. The van der Waals surface area contributed by atoms with Crippen molar-refractivity contribution < 1.29 is 32.6 Å². The smallest absolute Gasteiger partial charge is 0.417 e. The maximum atomic E-state index is 13.0. The van der Waals surface area contributed by atoms with E-state index in [4.69, 9.17) is 16.3 Å². The number of carboxylic acids is 1. The second-order valence-corrected chi connectivity index (χ2v) is 7.00. The minimum atomic E-state index is -4.66. The highest BCUT2D eigenvalue weighted by Crippen LogP contribution is 2.37. The molecule has 0 saturated carbocycles. The molecule has 0 aliphatic carbocycles. The summed E-state index contributed by atoms with van der Waals surface area (Å²) in [6.45, 7) is 1.90. The van der Waals surface area contributed by atoms with E-state index in [-0.39, 0.29) is 18.7 Å². The van der Waals surface area contributed by atoms with Crippen molar-refractivity contribution >= 4 is 40.6 Å². The Kier molecular flexibility index (Phi) is 6.72. The molecule has 1 aromatic carbocycles. The van der Waals surface area contributed by atoms with Crippen LogP contribution in [0.3, 0.4) is 0 Å². The monoisotopic (exact) mass is 421 g/mol. The Hall–Kier alpha value is -2.26. The molecule has 0 saturated heterocycles. The predicted molar refractivity (Wildman–Crippen MR) is 95.1 cm³/mol. The summed E-state index contributed by atoms with van der Waals surface area (Å²) in [5.74, 6) is -1.72. The molecular formula is C17H15ClF3NO4S. The van der Waals surface area contributed by atoms with Gasteiger partial charge in [-0.25, -0.2) is 4.79 Å². The van der Waals surface area contributed by atoms with Crippen LogP contribution in [0.5, 0.6) is 0 Å². The summed E-state index contributed by atoms with van der Waals surface area (Å²) < 4.78 is 43.7. The Morgan fingerprint density at radius 2 is 2.00 bits per heavy atom. The minimum Gasteiger partial charge on any atom is -0.479 e. The molecule has 10 heteroatoms. The number of rotatable bonds is 7. The van der Waals surface area contributed by atoms with E-state index in [9.17, 15) is 27.9 Å². The zero-order valence-corrected chi connectivity index (χ0v) is 15.5. The van der Waals surface area contributed by atoms with Crippen LogP contribution in [0.2, 0.25) is 5.02 Å². The number of carbonyl (C=O) groups is 2. The number of thiophene rings is 1. The molecule has 0 aliphatic heterocycles. The van der Waals surface area contributed by atoms with Crippen LogP contribution in [0.25, 0.3) is 0 Å². The van der Waals surface area contributed by atoms with E-state index in [1.165, 1.54) is 12.1 Å². The Morgan fingerprint density at radius 3 is 2.59 bits per heavy atom. The van der Waals surface area contributed by atoms with Gasteiger partial charge in [-0.1, -0.05) is 11.6 Å². The van der Waals surface area contributed by atoms with E-state index in [0.29, 0.717) is 9.75 Å². The number of carboxylic acid groups (broad SMARTS) is 1. The van der Waals surface area contributed by atoms with Crippen LogP contribution in [-0.4, -0.2) is 23.7 Å². The van der Waals surface area contributed by atoms with Crippen LogP contribution in [0.1, 0.15) is 28.3 Å². The lowest BCUT2D eigenvalue weighted by molar-refractivity contribution is -0.142. The molecule has 0 amide bonds. The van der Waals surface area contributed by atoms with Gasteiger partial charge in [-0.2, -0.15) is 13.2 Å². The van der Waals surface area contributed by atoms with E-state index >= 15 is 0 Å². The van der Waals surface area contributed by atoms with Gasteiger partial charge in [0, 0.05) is 15.4 Å². The quantitative estimate of drug-likeness (QED) is 0.630. The van der Waals surface area contributed by atoms with Crippen molar-refractivity contribution in [1.29, 1.82) is 0 Å². The Balaban J connectivity index is 2.23. The number of ether oxygens (including phenoxy) is 1. The Bertz CT molecular complexity index is 838. The highest BCUT2D eigenvalue weighted by molar-refractivity contribution is 7.12. The number of carbonyl (C=O) groups excluding carboxylic acids is 1. The Morgan fingerprint density at radius 1 is 1.30 bits per heavy atom. The van der Waals surface area contributed by atoms with Crippen LogP contribution >= 0.6 is 22.9 Å². The molecule has 1 unspecified atom stereocenters. The molecule has 1 aromatic heterocycles. The van der Waals surface area contributed by atoms with Crippen molar-refractivity contribution in [2.45, 2.75) is 25.6 Å². The summed E-state index contributed by atoms with van der Waals surface area (Å²) in [6.07, 6.45) is -4.67. The van der Waals surface area contributed by atoms with Crippen molar-refractivity contribution in [3.05, 3.63) is 50.7 Å². The molecule has 0 fully saturated rings. The summed E-state index contributed by atoms with van der Waals surface area (Å²) in [4.78, 5) is 24.0. The molecule has 0 spiro atoms. The molecule has 0 aliphatic rings. The number of nitrogens with one attached hydrogen (secondary N) is 1. The summed E-state index contributed by atoms with van der Waals surface area (Å²) in [5.41, 5.74) is -1.10. The van der Waals surface area contributed by atoms with Gasteiger partial charge in [0.05, 0.1) is 23.6 Å². The maximum absolute atomic E-state index is 13.0. The van der Waals surface area contributed by atoms with E-state index in [1.807, 2.05) is 0 Å². The summed E-state index contributed by atoms with van der Waals surface area (Å²) in [7, 11) is 0. The van der Waals surface area contributed by atoms with Crippen molar-refractivity contribution in [1.82, 2.24) is 0 Å². The van der Waals surface area contributed by atoms with E-state index in [0.717, 1.165) is 23.5 Å². The van der Waals surface area contributed by atoms with Crippen molar-refractivity contribution in [2.75, 3.05) is 11.9 Å². The molecule has 0 bridgehead atoms. The highest BCUT2D eigenvalue weighted by atomic mass is 35.5. The SMILES string of the molecule is CCOC(=O)Cc1ccc(C(Nc2ccc(Cl)c(C(F)(F)F)c2)C(=O)O)s1. The summed E-state index contributed by atoms with van der Waals surface area (Å²) >= 11 is 6.63. The zero-order chi connectivity index (χ0) is 20.2. The van der Waals surface area contributed by atoms with E-state index < -0.39 is 34.7 Å². The highest BCUT2D eigenvalue weighted by Gasteiger charge is 2.34. The van der Waals surface area contributed by atoms with Gasteiger partial charge in [0.2, 0.25) is 0 Å². The van der Waals surface area contributed by atoms with Crippen LogP contribution in [0.4, 0.5) is 18.9 Å². The van der Waals surface area contributed by atoms with Crippen molar-refractivity contribution in [3.63, 3.8) is 0 Å². The molecule has 146 valence electrons. The van der Waals surface area contributed by atoms with E-state index in [1.54, 1.807) is 13.0 Å². The third-order valence-corrected chi connectivity index (χ3v) is 4.90. The number of esters is 1. The number of alkyl halides is 3. The van der Waals surface area contributed by atoms with Crippen LogP contribution < -0.4 is 5.32 Å². The standard InChI is InChI=1S/C17H15ClF3NO4S/c1-2-26-14(23)8-10-4-6-13(27-10)15(16(24)25)22-9-3-5-12(18)11(7-9)17(19,20)21/h3-7,15,22H,2,8H2,1H3,(H,24,25). The topological polar surface area (TPSA) is 75.6 Å². The maximum Gasteiger partial charge on any atom is 0.417 e. The number of anilines is 1. The van der Waals surface area contributed by atoms with Crippen LogP contribution in [0, 0.1) is 0 Å².